The highest BCUT2D eigenvalue weighted by atomic mass is 32.2. The molecule has 2 saturated heterocycles. The van der Waals surface area contributed by atoms with Crippen molar-refractivity contribution in [3.05, 3.63) is 18.3 Å². The molecule has 0 aromatic carbocycles. The zero-order valence-corrected chi connectivity index (χ0v) is 14.6. The Morgan fingerprint density at radius 3 is 2.62 bits per heavy atom. The van der Waals surface area contributed by atoms with E-state index >= 15 is 0 Å². The Kier molecular flexibility index (Phi) is 5.05. The first-order valence-corrected chi connectivity index (χ1v) is 10.0. The lowest BCUT2D eigenvalue weighted by Crippen LogP contribution is -2.33. The molecule has 1 aromatic heterocycles. The van der Waals surface area contributed by atoms with E-state index in [1.807, 2.05) is 18.0 Å². The summed E-state index contributed by atoms with van der Waals surface area (Å²) in [5.41, 5.74) is 0.655. The van der Waals surface area contributed by atoms with E-state index in [9.17, 15) is 13.2 Å². The van der Waals surface area contributed by atoms with Gasteiger partial charge in [-0.05, 0) is 31.4 Å². The molecule has 8 heteroatoms. The van der Waals surface area contributed by atoms with Gasteiger partial charge in [-0.15, -0.1) is 0 Å². The second-order valence-electron chi connectivity index (χ2n) is 6.45. The molecule has 1 N–H and O–H groups in total. The molecule has 0 saturated carbocycles. The van der Waals surface area contributed by atoms with E-state index in [4.69, 9.17) is 4.74 Å². The molecule has 3 rings (SSSR count). The fraction of sp³-hybridized carbons (Fsp3) is 0.625. The van der Waals surface area contributed by atoms with Crippen LogP contribution in [-0.2, 0) is 19.4 Å². The molecule has 0 aliphatic carbocycles. The monoisotopic (exact) mass is 353 g/mol. The van der Waals surface area contributed by atoms with Crippen molar-refractivity contribution in [2.24, 2.45) is 5.92 Å². The molecule has 0 radical (unpaired) electrons. The van der Waals surface area contributed by atoms with Crippen molar-refractivity contribution in [2.45, 2.75) is 25.3 Å². The average Bonchev–Trinajstić information content (AvgIpc) is 2.95. The van der Waals surface area contributed by atoms with Crippen LogP contribution >= 0.6 is 0 Å². The number of nitrogens with zero attached hydrogens (tertiary/aromatic N) is 2. The van der Waals surface area contributed by atoms with Gasteiger partial charge in [-0.2, -0.15) is 0 Å². The van der Waals surface area contributed by atoms with Gasteiger partial charge in [0.15, 0.2) is 9.84 Å². The molecule has 2 aliphatic rings. The van der Waals surface area contributed by atoms with Crippen molar-refractivity contribution in [3.8, 4) is 0 Å². The van der Waals surface area contributed by atoms with Gasteiger partial charge in [0.1, 0.15) is 5.82 Å². The minimum absolute atomic E-state index is 0.00286. The molecule has 7 nitrogen and oxygen atoms in total. The number of ether oxygens (including phenoxy) is 1. The van der Waals surface area contributed by atoms with E-state index < -0.39 is 9.84 Å². The quantitative estimate of drug-likeness (QED) is 0.871. The van der Waals surface area contributed by atoms with Gasteiger partial charge < -0.3 is 15.0 Å². The topological polar surface area (TPSA) is 88.6 Å². The molecule has 2 aliphatic heterocycles. The number of amides is 1. The summed E-state index contributed by atoms with van der Waals surface area (Å²) < 4.78 is 28.5. The van der Waals surface area contributed by atoms with Crippen LogP contribution in [0.25, 0.3) is 0 Å². The largest absolute Gasteiger partial charge is 0.381 e. The van der Waals surface area contributed by atoms with E-state index in [0.29, 0.717) is 31.1 Å². The van der Waals surface area contributed by atoms with E-state index in [-0.39, 0.29) is 29.4 Å². The number of carbonyl (C=O) groups is 1. The number of carbonyl (C=O) groups excluding carboxylic acids is 1. The molecule has 1 amide bonds. The van der Waals surface area contributed by atoms with Crippen LogP contribution in [0.3, 0.4) is 0 Å². The summed E-state index contributed by atoms with van der Waals surface area (Å²) in [6.45, 7) is 1.26. The number of hydrogen-bond acceptors (Lipinski definition) is 6. The van der Waals surface area contributed by atoms with Crippen molar-refractivity contribution in [1.29, 1.82) is 0 Å². The lowest BCUT2D eigenvalue weighted by Gasteiger charge is -2.25. The summed E-state index contributed by atoms with van der Waals surface area (Å²) in [7, 11) is -1.07. The molecule has 132 valence electrons. The van der Waals surface area contributed by atoms with Crippen LogP contribution in [0.5, 0.6) is 0 Å². The average molecular weight is 353 g/mol. The van der Waals surface area contributed by atoms with Crippen LogP contribution in [-0.4, -0.2) is 57.1 Å². The van der Waals surface area contributed by atoms with E-state index in [2.05, 4.69) is 10.3 Å². The van der Waals surface area contributed by atoms with Crippen LogP contribution < -0.4 is 10.2 Å². The summed E-state index contributed by atoms with van der Waals surface area (Å²) in [5.74, 6) is 1.11. The van der Waals surface area contributed by atoms with Gasteiger partial charge >= 0.3 is 0 Å². The van der Waals surface area contributed by atoms with E-state index in [1.54, 1.807) is 12.3 Å². The van der Waals surface area contributed by atoms with Crippen molar-refractivity contribution in [3.63, 3.8) is 0 Å². The number of pyridine rings is 1. The van der Waals surface area contributed by atoms with Gasteiger partial charge in [0.2, 0.25) is 5.91 Å². The standard InChI is InChI=1S/C16H23N3O4S/c1-19(14-6-9-24(21,22)11-14)15-3-2-13(10-17-15)18-16(20)12-4-7-23-8-5-12/h2-3,10,12,14H,4-9,11H2,1H3,(H,18,20). The van der Waals surface area contributed by atoms with Crippen molar-refractivity contribution >= 4 is 27.2 Å². The Morgan fingerprint density at radius 1 is 1.29 bits per heavy atom. The minimum Gasteiger partial charge on any atom is -0.381 e. The second kappa shape index (κ2) is 7.06. The van der Waals surface area contributed by atoms with Gasteiger partial charge in [0.05, 0.1) is 23.4 Å². The highest BCUT2D eigenvalue weighted by molar-refractivity contribution is 7.91. The van der Waals surface area contributed by atoms with Crippen molar-refractivity contribution in [1.82, 2.24) is 4.98 Å². The maximum atomic E-state index is 12.2. The van der Waals surface area contributed by atoms with Crippen LogP contribution in [0.15, 0.2) is 18.3 Å². The SMILES string of the molecule is CN(c1ccc(NC(=O)C2CCOCC2)cn1)C1CCS(=O)(=O)C1. The van der Waals surface area contributed by atoms with Crippen LogP contribution in [0, 0.1) is 5.92 Å². The lowest BCUT2D eigenvalue weighted by atomic mass is 9.99. The van der Waals surface area contributed by atoms with Crippen molar-refractivity contribution in [2.75, 3.05) is 42.0 Å². The Hall–Kier alpha value is -1.67. The third kappa shape index (κ3) is 4.05. The predicted octanol–water partition coefficient (Wildman–Crippen LogP) is 1.07. The molecular formula is C16H23N3O4S. The zero-order valence-electron chi connectivity index (χ0n) is 13.8. The Bertz CT molecular complexity index is 684. The number of rotatable bonds is 4. The summed E-state index contributed by atoms with van der Waals surface area (Å²) in [6.07, 6.45) is 3.74. The van der Waals surface area contributed by atoms with Crippen LogP contribution in [0.4, 0.5) is 11.5 Å². The molecule has 2 fully saturated rings. The number of anilines is 2. The Labute approximate surface area is 142 Å². The minimum atomic E-state index is -2.92. The van der Waals surface area contributed by atoms with Crippen molar-refractivity contribution < 1.29 is 17.9 Å². The van der Waals surface area contributed by atoms with Crippen LogP contribution in [0.2, 0.25) is 0 Å². The molecule has 1 atom stereocenters. The second-order valence-corrected chi connectivity index (χ2v) is 8.68. The van der Waals surface area contributed by atoms with Gasteiger partial charge in [0, 0.05) is 32.2 Å². The molecule has 3 heterocycles. The maximum Gasteiger partial charge on any atom is 0.227 e. The third-order valence-corrected chi connectivity index (χ3v) is 6.48. The van der Waals surface area contributed by atoms with E-state index in [0.717, 1.165) is 12.8 Å². The first-order valence-electron chi connectivity index (χ1n) is 8.22. The van der Waals surface area contributed by atoms with Gasteiger partial charge in [-0.1, -0.05) is 0 Å². The molecule has 1 aromatic rings. The smallest absolute Gasteiger partial charge is 0.227 e. The number of sulfone groups is 1. The molecule has 0 spiro atoms. The zero-order chi connectivity index (χ0) is 17.2. The predicted molar refractivity (Wildman–Crippen MR) is 91.9 cm³/mol. The maximum absolute atomic E-state index is 12.2. The summed E-state index contributed by atoms with van der Waals surface area (Å²) in [4.78, 5) is 18.5. The summed E-state index contributed by atoms with van der Waals surface area (Å²) in [5, 5.41) is 2.89. The summed E-state index contributed by atoms with van der Waals surface area (Å²) in [6, 6.07) is 3.58. The van der Waals surface area contributed by atoms with E-state index in [1.165, 1.54) is 0 Å². The first kappa shape index (κ1) is 17.2. The number of aromatic nitrogens is 1. The number of hydrogen-bond donors (Lipinski definition) is 1. The highest BCUT2D eigenvalue weighted by Gasteiger charge is 2.31. The Balaban J connectivity index is 1.59. The van der Waals surface area contributed by atoms with Crippen LogP contribution in [0.1, 0.15) is 19.3 Å². The first-order chi connectivity index (χ1) is 11.4. The molecule has 24 heavy (non-hydrogen) atoms. The third-order valence-electron chi connectivity index (χ3n) is 4.72. The van der Waals surface area contributed by atoms with Gasteiger partial charge in [-0.3, -0.25) is 4.79 Å². The van der Waals surface area contributed by atoms with Gasteiger partial charge in [-0.25, -0.2) is 13.4 Å². The van der Waals surface area contributed by atoms with Gasteiger partial charge in [0.25, 0.3) is 0 Å². The molecular weight excluding hydrogens is 330 g/mol. The lowest BCUT2D eigenvalue weighted by molar-refractivity contribution is -0.122. The number of nitrogens with one attached hydrogen (secondary N) is 1. The summed E-state index contributed by atoms with van der Waals surface area (Å²) >= 11 is 0. The molecule has 1 unspecified atom stereocenters. The Morgan fingerprint density at radius 2 is 2.04 bits per heavy atom. The molecule has 0 bridgehead atoms. The fourth-order valence-electron chi connectivity index (χ4n) is 3.14. The normalized spacial score (nSPS) is 23.8. The highest BCUT2D eigenvalue weighted by Crippen LogP contribution is 2.23. The fourth-order valence-corrected chi connectivity index (χ4v) is 4.92.